The molecule has 2 aromatic rings. The number of hydrogen-bond donors (Lipinski definition) is 4. The number of fused-ring (bicyclic) bond motifs is 1. The van der Waals surface area contributed by atoms with Crippen LogP contribution < -0.4 is 10.4 Å². The molecular weight excluding hydrogens is 359 g/mol. The fourth-order valence-electron chi connectivity index (χ4n) is 2.68. The summed E-state index contributed by atoms with van der Waals surface area (Å²) in [5.74, 6) is 0.348. The SMILES string of the molecule is Cc1cc(=O)oc2cc(O[C@H]3O[C@H](CO)[C@@H](O)[C@H](O)[C@H]3S)ccc12.[NaH]. The molecule has 1 aromatic carbocycles. The van der Waals surface area contributed by atoms with Crippen LogP contribution in [0.3, 0.4) is 0 Å². The Hall–Kier alpha value is -0.580. The van der Waals surface area contributed by atoms with Gasteiger partial charge in [0.2, 0.25) is 6.29 Å². The molecule has 1 fully saturated rings. The maximum absolute atomic E-state index is 11.5. The molecule has 0 bridgehead atoms. The van der Waals surface area contributed by atoms with Gasteiger partial charge in [-0.3, -0.25) is 0 Å². The predicted molar refractivity (Wildman–Crippen MR) is 95.5 cm³/mol. The number of rotatable bonds is 3. The Bertz CT molecular complexity index is 794. The van der Waals surface area contributed by atoms with Crippen LogP contribution in [-0.4, -0.2) is 81.3 Å². The topological polar surface area (TPSA) is 109 Å². The van der Waals surface area contributed by atoms with Gasteiger partial charge in [-0.25, -0.2) is 4.79 Å². The number of thiol groups is 1. The first-order chi connectivity index (χ1) is 11.4. The first kappa shape index (κ1) is 20.7. The average Bonchev–Trinajstić information content (AvgIpc) is 2.55. The van der Waals surface area contributed by atoms with Crippen LogP contribution >= 0.6 is 12.6 Å². The zero-order valence-electron chi connectivity index (χ0n) is 12.8. The molecular formula is C16H19NaO7S. The Kier molecular flexibility index (Phi) is 6.97. The summed E-state index contributed by atoms with van der Waals surface area (Å²) in [7, 11) is 0. The van der Waals surface area contributed by atoms with Crippen molar-refractivity contribution in [2.75, 3.05) is 6.61 Å². The maximum atomic E-state index is 11.5. The van der Waals surface area contributed by atoms with Gasteiger partial charge in [0.15, 0.2) is 0 Å². The van der Waals surface area contributed by atoms with Crippen LogP contribution in [0.4, 0.5) is 0 Å². The van der Waals surface area contributed by atoms with E-state index in [0.29, 0.717) is 11.3 Å². The Balaban J connectivity index is 0.00000225. The molecule has 9 heteroatoms. The first-order valence-electron chi connectivity index (χ1n) is 7.42. The molecule has 1 aliphatic heterocycles. The van der Waals surface area contributed by atoms with Gasteiger partial charge in [-0.2, -0.15) is 12.6 Å². The van der Waals surface area contributed by atoms with Crippen molar-refractivity contribution in [2.24, 2.45) is 0 Å². The minimum atomic E-state index is -1.25. The van der Waals surface area contributed by atoms with Crippen molar-refractivity contribution in [3.63, 3.8) is 0 Å². The van der Waals surface area contributed by atoms with Crippen molar-refractivity contribution < 1.29 is 29.2 Å². The molecule has 2 heterocycles. The zero-order valence-corrected chi connectivity index (χ0v) is 13.7. The standard InChI is InChI=1S/C16H18O7S.Na.H/c1-7-4-12(18)22-10-5-8(2-3-9(7)10)21-16-15(24)14(20)13(19)11(6-17)23-16;;/h2-5,11,13-17,19-20,24H,6H2,1H3;;/t11-,13-,14+,15-,16+;;/m1../s1. The molecule has 132 valence electrons. The van der Waals surface area contributed by atoms with Crippen LogP contribution in [0.15, 0.2) is 33.5 Å². The Morgan fingerprint density at radius 2 is 1.96 bits per heavy atom. The van der Waals surface area contributed by atoms with Crippen LogP contribution in [0.25, 0.3) is 11.0 Å². The van der Waals surface area contributed by atoms with Crippen LogP contribution in [-0.2, 0) is 4.74 Å². The second-order valence-corrected chi connectivity index (χ2v) is 6.32. The molecule has 0 aliphatic carbocycles. The number of hydrogen-bond acceptors (Lipinski definition) is 8. The van der Waals surface area contributed by atoms with Crippen molar-refractivity contribution in [2.45, 2.75) is 36.8 Å². The predicted octanol–water partition coefficient (Wildman–Crippen LogP) is -0.431. The van der Waals surface area contributed by atoms with E-state index in [4.69, 9.17) is 13.9 Å². The summed E-state index contributed by atoms with van der Waals surface area (Å²) in [6.45, 7) is 1.34. The van der Waals surface area contributed by atoms with Crippen molar-refractivity contribution in [1.82, 2.24) is 0 Å². The number of benzene rings is 1. The summed E-state index contributed by atoms with van der Waals surface area (Å²) in [5.41, 5.74) is 0.688. The van der Waals surface area contributed by atoms with Crippen molar-refractivity contribution in [3.05, 3.63) is 40.2 Å². The van der Waals surface area contributed by atoms with Crippen LogP contribution in [0.1, 0.15) is 5.56 Å². The Morgan fingerprint density at radius 1 is 1.24 bits per heavy atom. The van der Waals surface area contributed by atoms with Gasteiger partial charge in [0.25, 0.3) is 0 Å². The summed E-state index contributed by atoms with van der Waals surface area (Å²) >= 11 is 4.21. The van der Waals surface area contributed by atoms with Crippen molar-refractivity contribution in [3.8, 4) is 5.75 Å². The molecule has 0 unspecified atom stereocenters. The van der Waals surface area contributed by atoms with Gasteiger partial charge in [0.05, 0.1) is 11.9 Å². The van der Waals surface area contributed by atoms with Crippen LogP contribution in [0, 0.1) is 6.92 Å². The molecule has 1 aromatic heterocycles. The molecule has 7 nitrogen and oxygen atoms in total. The number of aliphatic hydroxyl groups is 3. The van der Waals surface area contributed by atoms with E-state index >= 15 is 0 Å². The van der Waals surface area contributed by atoms with E-state index in [2.05, 4.69) is 12.6 Å². The fourth-order valence-corrected chi connectivity index (χ4v) is 2.98. The Morgan fingerprint density at radius 3 is 2.64 bits per heavy atom. The third kappa shape index (κ3) is 4.23. The van der Waals surface area contributed by atoms with Crippen LogP contribution in [0.5, 0.6) is 5.75 Å². The average molecular weight is 378 g/mol. The van der Waals surface area contributed by atoms with Gasteiger partial charge < -0.3 is 29.2 Å². The molecule has 3 rings (SSSR count). The molecule has 0 spiro atoms. The van der Waals surface area contributed by atoms with Crippen molar-refractivity contribution >= 4 is 53.2 Å². The van der Waals surface area contributed by atoms with Gasteiger partial charge in [-0.05, 0) is 24.6 Å². The number of aliphatic hydroxyl groups excluding tert-OH is 3. The molecule has 0 saturated carbocycles. The van der Waals surface area contributed by atoms with E-state index < -0.39 is 42.1 Å². The molecule has 25 heavy (non-hydrogen) atoms. The summed E-state index contributed by atoms with van der Waals surface area (Å²) in [4.78, 5) is 11.5. The monoisotopic (exact) mass is 378 g/mol. The summed E-state index contributed by atoms with van der Waals surface area (Å²) in [6, 6.07) is 6.36. The molecule has 0 amide bonds. The van der Waals surface area contributed by atoms with Crippen LogP contribution in [0.2, 0.25) is 0 Å². The molecule has 5 atom stereocenters. The second kappa shape index (κ2) is 8.41. The fraction of sp³-hybridized carbons (Fsp3) is 0.438. The van der Waals surface area contributed by atoms with E-state index in [-0.39, 0.29) is 29.6 Å². The molecule has 1 saturated heterocycles. The van der Waals surface area contributed by atoms with Crippen molar-refractivity contribution in [1.29, 1.82) is 0 Å². The third-order valence-electron chi connectivity index (χ3n) is 4.02. The number of aryl methyl sites for hydroxylation is 1. The summed E-state index contributed by atoms with van der Waals surface area (Å²) < 4.78 is 16.3. The quantitative estimate of drug-likeness (QED) is 0.326. The van der Waals surface area contributed by atoms with E-state index in [0.717, 1.165) is 10.9 Å². The van der Waals surface area contributed by atoms with E-state index in [1.54, 1.807) is 25.1 Å². The summed E-state index contributed by atoms with van der Waals surface area (Å²) in [5, 5.41) is 29.0. The third-order valence-corrected chi connectivity index (χ3v) is 4.57. The van der Waals surface area contributed by atoms with E-state index in [9.17, 15) is 20.1 Å². The zero-order chi connectivity index (χ0) is 17.4. The minimum absolute atomic E-state index is 0. The van der Waals surface area contributed by atoms with Gasteiger partial charge in [0.1, 0.15) is 29.6 Å². The first-order valence-corrected chi connectivity index (χ1v) is 7.94. The number of ether oxygens (including phenoxy) is 2. The Labute approximate surface area is 171 Å². The van der Waals surface area contributed by atoms with Gasteiger partial charge in [-0.15, -0.1) is 0 Å². The normalized spacial score (nSPS) is 29.2. The van der Waals surface area contributed by atoms with E-state index in [1.807, 2.05) is 0 Å². The van der Waals surface area contributed by atoms with E-state index in [1.165, 1.54) is 6.07 Å². The summed E-state index contributed by atoms with van der Waals surface area (Å²) in [6.07, 6.45) is -4.44. The molecule has 0 radical (unpaired) electrons. The van der Waals surface area contributed by atoms with Gasteiger partial charge >= 0.3 is 35.2 Å². The second-order valence-electron chi connectivity index (χ2n) is 5.72. The molecule has 3 N–H and O–H groups in total. The van der Waals surface area contributed by atoms with Gasteiger partial charge in [0, 0.05) is 17.5 Å². The molecule has 1 aliphatic rings. The van der Waals surface area contributed by atoms with Gasteiger partial charge in [-0.1, -0.05) is 0 Å².